The first-order valence-electron chi connectivity index (χ1n) is 5.39. The van der Waals surface area contributed by atoms with Crippen molar-refractivity contribution >= 4 is 15.9 Å². The summed E-state index contributed by atoms with van der Waals surface area (Å²) in [5.74, 6) is 0. The minimum atomic E-state index is -0.246. The molecule has 2 heterocycles. The van der Waals surface area contributed by atoms with E-state index in [1.807, 2.05) is 0 Å². The molecule has 0 aliphatic carbocycles. The summed E-state index contributed by atoms with van der Waals surface area (Å²) in [7, 11) is 0. The molecule has 1 aromatic rings. The molecule has 3 unspecified atom stereocenters. The number of nitrogens with two attached hydrogens (primary N) is 1. The molecule has 0 spiro atoms. The lowest BCUT2D eigenvalue weighted by atomic mass is 9.77. The van der Waals surface area contributed by atoms with Gasteiger partial charge in [0.2, 0.25) is 0 Å². The molecule has 2 nitrogen and oxygen atoms in total. The van der Waals surface area contributed by atoms with Crippen molar-refractivity contribution < 1.29 is 4.74 Å². The maximum atomic E-state index is 6.48. The van der Waals surface area contributed by atoms with Crippen LogP contribution in [-0.2, 0) is 10.3 Å². The fraction of sp³-hybridized carbons (Fsp3) is 0.500. The van der Waals surface area contributed by atoms with Crippen molar-refractivity contribution in [2.45, 2.75) is 37.0 Å². The minimum Gasteiger partial charge on any atom is -0.373 e. The van der Waals surface area contributed by atoms with Gasteiger partial charge in [-0.25, -0.2) is 0 Å². The van der Waals surface area contributed by atoms with E-state index in [9.17, 15) is 0 Å². The highest BCUT2D eigenvalue weighted by Crippen LogP contribution is 2.45. The van der Waals surface area contributed by atoms with Crippen molar-refractivity contribution in [3.8, 4) is 0 Å². The molecule has 3 heteroatoms. The summed E-state index contributed by atoms with van der Waals surface area (Å²) < 4.78 is 6.93. The summed E-state index contributed by atoms with van der Waals surface area (Å²) in [6.07, 6.45) is 3.88. The van der Waals surface area contributed by atoms with Gasteiger partial charge in [-0.15, -0.1) is 0 Å². The third kappa shape index (κ3) is 1.45. The van der Waals surface area contributed by atoms with Crippen LogP contribution in [0.5, 0.6) is 0 Å². The number of rotatable bonds is 1. The van der Waals surface area contributed by atoms with Crippen molar-refractivity contribution in [3.63, 3.8) is 0 Å². The van der Waals surface area contributed by atoms with Crippen molar-refractivity contribution in [2.24, 2.45) is 5.73 Å². The Morgan fingerprint density at radius 2 is 2.00 bits per heavy atom. The molecule has 0 radical (unpaired) electrons. The zero-order valence-electron chi connectivity index (χ0n) is 8.45. The first-order valence-corrected chi connectivity index (χ1v) is 6.18. The second-order valence-electron chi connectivity index (χ2n) is 4.58. The number of fused-ring (bicyclic) bond motifs is 2. The van der Waals surface area contributed by atoms with Crippen molar-refractivity contribution in [3.05, 3.63) is 34.3 Å². The van der Waals surface area contributed by atoms with E-state index in [0.29, 0.717) is 6.10 Å². The zero-order chi connectivity index (χ0) is 10.5. The van der Waals surface area contributed by atoms with E-state index in [4.69, 9.17) is 10.5 Å². The van der Waals surface area contributed by atoms with Gasteiger partial charge in [-0.2, -0.15) is 0 Å². The molecule has 1 aromatic carbocycles. The highest BCUT2D eigenvalue weighted by Gasteiger charge is 2.50. The number of ether oxygens (including phenoxy) is 1. The van der Waals surface area contributed by atoms with Gasteiger partial charge >= 0.3 is 0 Å². The maximum absolute atomic E-state index is 6.48. The third-order valence-corrected chi connectivity index (χ3v) is 4.16. The Morgan fingerprint density at radius 1 is 1.27 bits per heavy atom. The standard InChI is InChI=1S/C12H14BrNO/c13-9-3-1-8(2-4-9)12(14)7-10-5-6-11(12)15-10/h1-4,10-11H,5-7,14H2. The SMILES string of the molecule is NC1(c2ccc(Br)cc2)CC2CCC1O2. The lowest BCUT2D eigenvalue weighted by Crippen LogP contribution is -2.45. The van der Waals surface area contributed by atoms with Crippen LogP contribution in [0.2, 0.25) is 0 Å². The summed E-state index contributed by atoms with van der Waals surface area (Å²) in [5, 5.41) is 0. The summed E-state index contributed by atoms with van der Waals surface area (Å²) >= 11 is 3.44. The fourth-order valence-electron chi connectivity index (χ4n) is 2.81. The van der Waals surface area contributed by atoms with Crippen molar-refractivity contribution in [1.29, 1.82) is 0 Å². The molecular weight excluding hydrogens is 254 g/mol. The minimum absolute atomic E-state index is 0.226. The molecular formula is C12H14BrNO. The van der Waals surface area contributed by atoms with E-state index in [1.54, 1.807) is 0 Å². The molecule has 80 valence electrons. The van der Waals surface area contributed by atoms with Gasteiger partial charge in [0.1, 0.15) is 0 Å². The zero-order valence-corrected chi connectivity index (χ0v) is 10.0. The van der Waals surface area contributed by atoms with Crippen LogP contribution in [-0.4, -0.2) is 12.2 Å². The second-order valence-corrected chi connectivity index (χ2v) is 5.49. The van der Waals surface area contributed by atoms with Gasteiger partial charge in [0.15, 0.2) is 0 Å². The molecule has 2 fully saturated rings. The highest BCUT2D eigenvalue weighted by molar-refractivity contribution is 9.10. The molecule has 2 aliphatic rings. The third-order valence-electron chi connectivity index (χ3n) is 3.63. The molecule has 0 amide bonds. The normalized spacial score (nSPS) is 38.5. The van der Waals surface area contributed by atoms with Gasteiger partial charge in [-0.3, -0.25) is 0 Å². The number of benzene rings is 1. The van der Waals surface area contributed by atoms with Crippen molar-refractivity contribution in [2.75, 3.05) is 0 Å². The Morgan fingerprint density at radius 3 is 2.53 bits per heavy atom. The predicted octanol–water partition coefficient (Wildman–Crippen LogP) is 2.55. The first-order chi connectivity index (χ1) is 7.18. The highest BCUT2D eigenvalue weighted by atomic mass is 79.9. The number of hydrogen-bond donors (Lipinski definition) is 1. The van der Waals surface area contributed by atoms with Crippen molar-refractivity contribution in [1.82, 2.24) is 0 Å². The Bertz CT molecular complexity index is 378. The van der Waals surface area contributed by atoms with E-state index in [2.05, 4.69) is 40.2 Å². The Hall–Kier alpha value is -0.380. The first kappa shape index (κ1) is 9.82. The number of halogens is 1. The summed E-state index contributed by atoms with van der Waals surface area (Å²) in [6.45, 7) is 0. The van der Waals surface area contributed by atoms with Crippen LogP contribution in [0.3, 0.4) is 0 Å². The van der Waals surface area contributed by atoms with E-state index >= 15 is 0 Å². The summed E-state index contributed by atoms with van der Waals surface area (Å²) in [4.78, 5) is 0. The van der Waals surface area contributed by atoms with E-state index in [1.165, 1.54) is 12.0 Å². The van der Waals surface area contributed by atoms with Crippen LogP contribution in [0.4, 0.5) is 0 Å². The smallest absolute Gasteiger partial charge is 0.0802 e. The van der Waals surface area contributed by atoms with E-state index in [-0.39, 0.29) is 11.6 Å². The van der Waals surface area contributed by atoms with Gasteiger partial charge in [0.05, 0.1) is 17.7 Å². The monoisotopic (exact) mass is 267 g/mol. The summed E-state index contributed by atoms with van der Waals surface area (Å²) in [6, 6.07) is 8.31. The van der Waals surface area contributed by atoms with Crippen LogP contribution < -0.4 is 5.73 Å². The van der Waals surface area contributed by atoms with Crippen LogP contribution >= 0.6 is 15.9 Å². The van der Waals surface area contributed by atoms with Gasteiger partial charge in [0, 0.05) is 4.47 Å². The molecule has 0 saturated carbocycles. The average molecular weight is 268 g/mol. The molecule has 0 aromatic heterocycles. The van der Waals surface area contributed by atoms with Crippen LogP contribution in [0.1, 0.15) is 24.8 Å². The van der Waals surface area contributed by atoms with Crippen LogP contribution in [0.25, 0.3) is 0 Å². The fourth-order valence-corrected chi connectivity index (χ4v) is 3.07. The quantitative estimate of drug-likeness (QED) is 0.849. The van der Waals surface area contributed by atoms with Crippen LogP contribution in [0.15, 0.2) is 28.7 Å². The average Bonchev–Trinajstić information content (AvgIpc) is 2.78. The molecule has 2 bridgehead atoms. The Kier molecular flexibility index (Phi) is 2.16. The molecule has 15 heavy (non-hydrogen) atoms. The maximum Gasteiger partial charge on any atom is 0.0802 e. The summed E-state index contributed by atoms with van der Waals surface area (Å²) in [5.41, 5.74) is 7.44. The molecule has 3 rings (SSSR count). The van der Waals surface area contributed by atoms with Gasteiger partial charge < -0.3 is 10.5 Å². The van der Waals surface area contributed by atoms with E-state index in [0.717, 1.165) is 17.3 Å². The lowest BCUT2D eigenvalue weighted by Gasteiger charge is -2.31. The lowest BCUT2D eigenvalue weighted by molar-refractivity contribution is 0.0853. The molecule has 2 N–H and O–H groups in total. The van der Waals surface area contributed by atoms with Gasteiger partial charge in [-0.1, -0.05) is 28.1 Å². The molecule has 2 saturated heterocycles. The number of hydrogen-bond acceptors (Lipinski definition) is 2. The molecule has 2 aliphatic heterocycles. The van der Waals surface area contributed by atoms with Gasteiger partial charge in [0.25, 0.3) is 0 Å². The largest absolute Gasteiger partial charge is 0.373 e. The Labute approximate surface area is 97.9 Å². The molecule has 3 atom stereocenters. The predicted molar refractivity (Wildman–Crippen MR) is 62.5 cm³/mol. The van der Waals surface area contributed by atoms with E-state index < -0.39 is 0 Å². The topological polar surface area (TPSA) is 35.2 Å². The van der Waals surface area contributed by atoms with Crippen LogP contribution in [0, 0.1) is 0 Å². The second kappa shape index (κ2) is 3.30. The van der Waals surface area contributed by atoms with Gasteiger partial charge in [-0.05, 0) is 37.0 Å². The Balaban J connectivity index is 1.96.